The summed E-state index contributed by atoms with van der Waals surface area (Å²) in [6, 6.07) is 6.12. The maximum Gasteiger partial charge on any atom is 0.114 e. The van der Waals surface area contributed by atoms with Crippen molar-refractivity contribution in [2.45, 2.75) is 25.0 Å². The first-order valence-corrected chi connectivity index (χ1v) is 7.36. The number of aromatic amines is 1. The molecule has 114 valence electrons. The van der Waals surface area contributed by atoms with Crippen LogP contribution in [0, 0.1) is 0 Å². The van der Waals surface area contributed by atoms with Crippen LogP contribution in [-0.4, -0.2) is 43.5 Å². The average Bonchev–Trinajstić information content (AvgIpc) is 3.17. The summed E-state index contributed by atoms with van der Waals surface area (Å²) in [6.45, 7) is 1.72. The van der Waals surface area contributed by atoms with Gasteiger partial charge in [0.2, 0.25) is 0 Å². The molecule has 0 bridgehead atoms. The molecule has 0 atom stereocenters. The van der Waals surface area contributed by atoms with Crippen molar-refractivity contribution in [3.63, 3.8) is 0 Å². The van der Waals surface area contributed by atoms with Crippen molar-refractivity contribution in [1.82, 2.24) is 25.2 Å². The second kappa shape index (κ2) is 5.19. The number of benzene rings is 1. The van der Waals surface area contributed by atoms with E-state index in [1.807, 2.05) is 24.4 Å². The van der Waals surface area contributed by atoms with E-state index in [9.17, 15) is 5.11 Å². The third-order valence-electron chi connectivity index (χ3n) is 4.19. The fourth-order valence-corrected chi connectivity index (χ4v) is 2.82. The lowest BCUT2D eigenvalue weighted by atomic mass is 9.91. The minimum Gasteiger partial charge on any atom is -0.383 e. The summed E-state index contributed by atoms with van der Waals surface area (Å²) < 4.78 is 7.05. The van der Waals surface area contributed by atoms with Gasteiger partial charge in [0, 0.05) is 31.4 Å². The summed E-state index contributed by atoms with van der Waals surface area (Å²) in [5.74, 6) is 0. The number of nitrogens with zero attached hydrogens (tertiary/aromatic N) is 4. The summed E-state index contributed by atoms with van der Waals surface area (Å²) in [4.78, 5) is 0. The molecule has 0 saturated carbocycles. The van der Waals surface area contributed by atoms with Gasteiger partial charge in [-0.2, -0.15) is 5.10 Å². The van der Waals surface area contributed by atoms with E-state index in [2.05, 4.69) is 20.5 Å². The number of nitrogens with one attached hydrogen (secondary N) is 1. The van der Waals surface area contributed by atoms with Crippen molar-refractivity contribution in [2.75, 3.05) is 13.2 Å². The smallest absolute Gasteiger partial charge is 0.114 e. The number of hydrogen-bond donors (Lipinski definition) is 2. The average molecular weight is 299 g/mol. The Labute approximate surface area is 126 Å². The SMILES string of the molecule is OC1(c2cn(Cc3ccc4cn[nH]c4c3)nn2)CCOCC1. The molecule has 7 heteroatoms. The first kappa shape index (κ1) is 13.4. The summed E-state index contributed by atoms with van der Waals surface area (Å²) in [6.07, 6.45) is 4.74. The third kappa shape index (κ3) is 2.38. The molecule has 2 aromatic heterocycles. The lowest BCUT2D eigenvalue weighted by Crippen LogP contribution is -2.33. The van der Waals surface area contributed by atoms with Crippen molar-refractivity contribution < 1.29 is 9.84 Å². The van der Waals surface area contributed by atoms with E-state index in [-0.39, 0.29) is 0 Å². The minimum absolute atomic E-state index is 0.555. The van der Waals surface area contributed by atoms with Crippen LogP contribution in [0.3, 0.4) is 0 Å². The van der Waals surface area contributed by atoms with Gasteiger partial charge >= 0.3 is 0 Å². The highest BCUT2D eigenvalue weighted by Crippen LogP contribution is 2.30. The molecule has 0 unspecified atom stereocenters. The van der Waals surface area contributed by atoms with Gasteiger partial charge in [-0.1, -0.05) is 17.3 Å². The Bertz CT molecular complexity index is 788. The number of rotatable bonds is 3. The van der Waals surface area contributed by atoms with Crippen LogP contribution in [-0.2, 0) is 16.9 Å². The first-order valence-electron chi connectivity index (χ1n) is 7.36. The molecule has 0 amide bonds. The Morgan fingerprint density at radius 3 is 3.05 bits per heavy atom. The molecular formula is C15H17N5O2. The molecule has 7 nitrogen and oxygen atoms in total. The maximum absolute atomic E-state index is 10.6. The molecule has 2 N–H and O–H groups in total. The molecule has 3 heterocycles. The zero-order chi connectivity index (χ0) is 15.0. The highest BCUT2D eigenvalue weighted by molar-refractivity contribution is 5.78. The standard InChI is InChI=1S/C15H17N5O2/c21-15(3-5-22-6-4-15)14-10-20(19-18-14)9-11-1-2-12-8-16-17-13(12)7-11/h1-2,7-8,10,21H,3-6,9H2,(H,16,17). The predicted octanol–water partition coefficient (Wildman–Crippen LogP) is 1.20. The van der Waals surface area contributed by atoms with Crippen molar-refractivity contribution in [3.8, 4) is 0 Å². The summed E-state index contributed by atoms with van der Waals surface area (Å²) in [7, 11) is 0. The van der Waals surface area contributed by atoms with Crippen LogP contribution < -0.4 is 0 Å². The number of hydrogen-bond acceptors (Lipinski definition) is 5. The second-order valence-corrected chi connectivity index (χ2v) is 5.74. The number of ether oxygens (including phenoxy) is 1. The number of fused-ring (bicyclic) bond motifs is 1. The molecule has 1 aliphatic heterocycles. The molecule has 3 aromatic rings. The van der Waals surface area contributed by atoms with E-state index in [0.29, 0.717) is 38.3 Å². The lowest BCUT2D eigenvalue weighted by Gasteiger charge is -2.29. The van der Waals surface area contributed by atoms with Crippen LogP contribution in [0.5, 0.6) is 0 Å². The van der Waals surface area contributed by atoms with Gasteiger partial charge in [-0.25, -0.2) is 4.68 Å². The van der Waals surface area contributed by atoms with Crippen molar-refractivity contribution in [3.05, 3.63) is 41.9 Å². The Balaban J connectivity index is 1.56. The Morgan fingerprint density at radius 1 is 1.32 bits per heavy atom. The molecule has 1 saturated heterocycles. The van der Waals surface area contributed by atoms with Gasteiger partial charge in [0.15, 0.2) is 0 Å². The van der Waals surface area contributed by atoms with Crippen LogP contribution in [0.4, 0.5) is 0 Å². The zero-order valence-electron chi connectivity index (χ0n) is 12.1. The van der Waals surface area contributed by atoms with Crippen LogP contribution in [0.2, 0.25) is 0 Å². The van der Waals surface area contributed by atoms with Crippen molar-refractivity contribution in [1.29, 1.82) is 0 Å². The fraction of sp³-hybridized carbons (Fsp3) is 0.400. The molecule has 1 aromatic carbocycles. The first-order chi connectivity index (χ1) is 10.7. The van der Waals surface area contributed by atoms with E-state index in [1.165, 1.54) is 0 Å². The molecule has 4 rings (SSSR count). The summed E-state index contributed by atoms with van der Waals surface area (Å²) in [5, 5.41) is 27.0. The molecule has 22 heavy (non-hydrogen) atoms. The number of aromatic nitrogens is 5. The highest BCUT2D eigenvalue weighted by Gasteiger charge is 2.34. The van der Waals surface area contributed by atoms with Gasteiger partial charge in [-0.05, 0) is 11.6 Å². The Hall–Kier alpha value is -2.25. The van der Waals surface area contributed by atoms with Gasteiger partial charge in [0.25, 0.3) is 0 Å². The van der Waals surface area contributed by atoms with Crippen LogP contribution in [0.15, 0.2) is 30.6 Å². The molecular weight excluding hydrogens is 282 g/mol. The van der Waals surface area contributed by atoms with Crippen molar-refractivity contribution in [2.24, 2.45) is 0 Å². The third-order valence-corrected chi connectivity index (χ3v) is 4.19. The highest BCUT2D eigenvalue weighted by atomic mass is 16.5. The monoisotopic (exact) mass is 299 g/mol. The van der Waals surface area contributed by atoms with Gasteiger partial charge in [0.1, 0.15) is 11.3 Å². The number of H-pyrrole nitrogens is 1. The second-order valence-electron chi connectivity index (χ2n) is 5.74. The van der Waals surface area contributed by atoms with Gasteiger partial charge in [-0.3, -0.25) is 5.10 Å². The van der Waals surface area contributed by atoms with Gasteiger partial charge in [0.05, 0.1) is 24.5 Å². The Kier molecular flexibility index (Phi) is 3.16. The van der Waals surface area contributed by atoms with E-state index in [0.717, 1.165) is 16.5 Å². The molecule has 0 radical (unpaired) electrons. The van der Waals surface area contributed by atoms with Gasteiger partial charge in [-0.15, -0.1) is 5.10 Å². The molecule has 1 fully saturated rings. The maximum atomic E-state index is 10.6. The zero-order valence-corrected chi connectivity index (χ0v) is 12.1. The topological polar surface area (TPSA) is 88.8 Å². The Morgan fingerprint density at radius 2 is 2.18 bits per heavy atom. The van der Waals surface area contributed by atoms with Crippen LogP contribution in [0.25, 0.3) is 10.9 Å². The van der Waals surface area contributed by atoms with Crippen LogP contribution >= 0.6 is 0 Å². The summed E-state index contributed by atoms with van der Waals surface area (Å²) >= 11 is 0. The van der Waals surface area contributed by atoms with E-state index in [4.69, 9.17) is 4.74 Å². The quantitative estimate of drug-likeness (QED) is 0.758. The largest absolute Gasteiger partial charge is 0.383 e. The van der Waals surface area contributed by atoms with Gasteiger partial charge < -0.3 is 9.84 Å². The van der Waals surface area contributed by atoms with E-state index >= 15 is 0 Å². The number of aliphatic hydroxyl groups is 1. The summed E-state index contributed by atoms with van der Waals surface area (Å²) in [5.41, 5.74) is 1.82. The van der Waals surface area contributed by atoms with Crippen LogP contribution in [0.1, 0.15) is 24.1 Å². The fourth-order valence-electron chi connectivity index (χ4n) is 2.82. The molecule has 1 aliphatic rings. The minimum atomic E-state index is -0.913. The van der Waals surface area contributed by atoms with E-state index in [1.54, 1.807) is 10.9 Å². The molecule has 0 spiro atoms. The van der Waals surface area contributed by atoms with Crippen molar-refractivity contribution >= 4 is 10.9 Å². The lowest BCUT2D eigenvalue weighted by molar-refractivity contribution is -0.0706. The van der Waals surface area contributed by atoms with E-state index < -0.39 is 5.60 Å². The normalized spacial score (nSPS) is 17.9. The molecule has 0 aliphatic carbocycles. The predicted molar refractivity (Wildman–Crippen MR) is 79.2 cm³/mol.